The van der Waals surface area contributed by atoms with E-state index in [2.05, 4.69) is 7.05 Å². The van der Waals surface area contributed by atoms with Crippen LogP contribution in [0.2, 0.25) is 0 Å². The van der Waals surface area contributed by atoms with Gasteiger partial charge in [-0.3, -0.25) is 7.05 Å². The largest absolute Gasteiger partial charge is 0.454 e. The van der Waals surface area contributed by atoms with Gasteiger partial charge in [0.05, 0.1) is 0 Å². The minimum atomic E-state index is -1.31. The summed E-state index contributed by atoms with van der Waals surface area (Å²) in [7, 11) is 3.39. The standard InChI is InChI=1S/C5H8F2N/c1-8-2-4(6)5(7)3-8/h4-5H,1-3H2/q-1/t4-,5-/m1/s1. The molecule has 0 unspecified atom stereocenters. The molecule has 1 heterocycles. The molecule has 0 aromatic carbocycles. The maximum atomic E-state index is 12.1. The van der Waals surface area contributed by atoms with Gasteiger partial charge in [-0.15, -0.1) is 0 Å². The highest BCUT2D eigenvalue weighted by molar-refractivity contribution is 4.83. The average molecular weight is 120 g/mol. The molecule has 3 heteroatoms. The molecule has 1 aliphatic rings. The van der Waals surface area contributed by atoms with Crippen molar-refractivity contribution in [1.29, 1.82) is 0 Å². The van der Waals surface area contributed by atoms with Crippen LogP contribution in [0.3, 0.4) is 0 Å². The molecule has 0 aromatic rings. The van der Waals surface area contributed by atoms with E-state index in [1.165, 1.54) is 4.90 Å². The van der Waals surface area contributed by atoms with Gasteiger partial charge >= 0.3 is 0 Å². The Labute approximate surface area is 47.3 Å². The molecule has 1 nitrogen and oxygen atoms in total. The van der Waals surface area contributed by atoms with Crippen molar-refractivity contribution < 1.29 is 8.78 Å². The zero-order valence-corrected chi connectivity index (χ0v) is 4.48. The molecule has 1 saturated heterocycles. The van der Waals surface area contributed by atoms with Crippen molar-refractivity contribution in [2.75, 3.05) is 13.1 Å². The summed E-state index contributed by atoms with van der Waals surface area (Å²) in [5.74, 6) is 0. The summed E-state index contributed by atoms with van der Waals surface area (Å²) in [5, 5.41) is 0. The molecule has 8 heavy (non-hydrogen) atoms. The Kier molecular flexibility index (Phi) is 1.47. The zero-order chi connectivity index (χ0) is 6.15. The van der Waals surface area contributed by atoms with E-state index in [0.717, 1.165) is 0 Å². The average Bonchev–Trinajstić information content (AvgIpc) is 1.85. The molecule has 0 N–H and O–H groups in total. The van der Waals surface area contributed by atoms with E-state index >= 15 is 0 Å². The molecule has 0 aromatic heterocycles. The maximum absolute atomic E-state index is 12.1. The minimum Gasteiger partial charge on any atom is -0.454 e. The Bertz CT molecular complexity index is 76.5. The smallest absolute Gasteiger partial charge is 0.143 e. The summed E-state index contributed by atoms with van der Waals surface area (Å²) in [6, 6.07) is 0. The summed E-state index contributed by atoms with van der Waals surface area (Å²) < 4.78 is 24.2. The minimum absolute atomic E-state index is 0.140. The number of likely N-dealkylation sites (tertiary alicyclic amines) is 1. The van der Waals surface area contributed by atoms with Crippen molar-refractivity contribution in [3.05, 3.63) is 7.05 Å². The molecule has 2 atom stereocenters. The van der Waals surface area contributed by atoms with E-state index in [-0.39, 0.29) is 13.1 Å². The summed E-state index contributed by atoms with van der Waals surface area (Å²) in [6.07, 6.45) is -2.63. The van der Waals surface area contributed by atoms with Crippen LogP contribution < -0.4 is 0 Å². The Morgan fingerprint density at radius 3 is 1.75 bits per heavy atom. The maximum Gasteiger partial charge on any atom is 0.143 e. The van der Waals surface area contributed by atoms with Crippen molar-refractivity contribution >= 4 is 0 Å². The fourth-order valence-corrected chi connectivity index (χ4v) is 0.797. The van der Waals surface area contributed by atoms with Crippen molar-refractivity contribution in [3.8, 4) is 0 Å². The Hall–Kier alpha value is -0.180. The lowest BCUT2D eigenvalue weighted by atomic mass is 10.3. The van der Waals surface area contributed by atoms with Crippen LogP contribution in [-0.4, -0.2) is 30.3 Å². The third-order valence-electron chi connectivity index (χ3n) is 1.26. The first-order chi connectivity index (χ1) is 3.70. The molecule has 0 aliphatic carbocycles. The second-order valence-corrected chi connectivity index (χ2v) is 2.07. The lowest BCUT2D eigenvalue weighted by Crippen LogP contribution is -2.12. The van der Waals surface area contributed by atoms with Gasteiger partial charge in [-0.1, -0.05) is 0 Å². The van der Waals surface area contributed by atoms with E-state index in [4.69, 9.17) is 0 Å². The van der Waals surface area contributed by atoms with Gasteiger partial charge in [0.15, 0.2) is 0 Å². The summed E-state index contributed by atoms with van der Waals surface area (Å²) >= 11 is 0. The van der Waals surface area contributed by atoms with Crippen LogP contribution in [-0.2, 0) is 0 Å². The van der Waals surface area contributed by atoms with Gasteiger partial charge in [-0.2, -0.15) is 0 Å². The van der Waals surface area contributed by atoms with Crippen LogP contribution in [0.15, 0.2) is 0 Å². The number of rotatable bonds is 0. The first-order valence-corrected chi connectivity index (χ1v) is 2.53. The SMILES string of the molecule is [CH2-]N1C[C@@H](F)[C@H](F)C1. The van der Waals surface area contributed by atoms with Gasteiger partial charge < -0.3 is 4.90 Å². The predicted octanol–water partition coefficient (Wildman–Crippen LogP) is 0.770. The second-order valence-electron chi connectivity index (χ2n) is 2.07. The van der Waals surface area contributed by atoms with Crippen LogP contribution >= 0.6 is 0 Å². The third kappa shape index (κ3) is 0.968. The predicted molar refractivity (Wildman–Crippen MR) is 26.7 cm³/mol. The Morgan fingerprint density at radius 1 is 1.25 bits per heavy atom. The highest BCUT2D eigenvalue weighted by atomic mass is 19.2. The number of hydrogen-bond donors (Lipinski definition) is 0. The molecule has 0 saturated carbocycles. The molecule has 1 fully saturated rings. The molecule has 1 rings (SSSR count). The summed E-state index contributed by atoms with van der Waals surface area (Å²) in [4.78, 5) is 1.40. The zero-order valence-electron chi connectivity index (χ0n) is 4.48. The monoisotopic (exact) mass is 120 g/mol. The van der Waals surface area contributed by atoms with Crippen LogP contribution in [0.5, 0.6) is 0 Å². The van der Waals surface area contributed by atoms with E-state index in [1.54, 1.807) is 0 Å². The van der Waals surface area contributed by atoms with Crippen LogP contribution in [0.1, 0.15) is 0 Å². The fraction of sp³-hybridized carbons (Fsp3) is 0.800. The topological polar surface area (TPSA) is 3.24 Å². The van der Waals surface area contributed by atoms with Gasteiger partial charge in [-0.25, -0.2) is 8.78 Å². The first-order valence-electron chi connectivity index (χ1n) is 2.53. The van der Waals surface area contributed by atoms with Crippen molar-refractivity contribution in [1.82, 2.24) is 4.90 Å². The van der Waals surface area contributed by atoms with Crippen LogP contribution in [0.25, 0.3) is 0 Å². The normalized spacial score (nSPS) is 40.9. The molecular weight excluding hydrogens is 112 g/mol. The lowest BCUT2D eigenvalue weighted by Gasteiger charge is -2.13. The van der Waals surface area contributed by atoms with Crippen molar-refractivity contribution in [3.63, 3.8) is 0 Å². The molecule has 0 radical (unpaired) electrons. The highest BCUT2D eigenvalue weighted by Crippen LogP contribution is 2.14. The molecule has 0 spiro atoms. The fourth-order valence-electron chi connectivity index (χ4n) is 0.797. The van der Waals surface area contributed by atoms with E-state index in [9.17, 15) is 8.78 Å². The summed E-state index contributed by atoms with van der Waals surface area (Å²) in [5.41, 5.74) is 0. The Balaban J connectivity index is 2.39. The van der Waals surface area contributed by atoms with Gasteiger partial charge in [0.1, 0.15) is 12.3 Å². The first kappa shape index (κ1) is 5.95. The van der Waals surface area contributed by atoms with Crippen molar-refractivity contribution in [2.45, 2.75) is 12.3 Å². The molecule has 0 bridgehead atoms. The van der Waals surface area contributed by atoms with Crippen LogP contribution in [0, 0.1) is 7.05 Å². The molecule has 48 valence electrons. The molecule has 0 amide bonds. The number of halogens is 2. The van der Waals surface area contributed by atoms with E-state index in [1.807, 2.05) is 0 Å². The number of alkyl halides is 2. The second kappa shape index (κ2) is 1.97. The van der Waals surface area contributed by atoms with Crippen LogP contribution in [0.4, 0.5) is 8.78 Å². The quantitative estimate of drug-likeness (QED) is 0.427. The third-order valence-corrected chi connectivity index (χ3v) is 1.26. The Morgan fingerprint density at radius 2 is 1.62 bits per heavy atom. The number of hydrogen-bond acceptors (Lipinski definition) is 1. The van der Waals surface area contributed by atoms with E-state index < -0.39 is 12.3 Å². The lowest BCUT2D eigenvalue weighted by molar-refractivity contribution is 0.217. The molecular formula is C5H8F2N-. The van der Waals surface area contributed by atoms with Crippen molar-refractivity contribution in [2.24, 2.45) is 0 Å². The van der Waals surface area contributed by atoms with Gasteiger partial charge in [0.25, 0.3) is 0 Å². The van der Waals surface area contributed by atoms with Gasteiger partial charge in [-0.05, 0) is 0 Å². The van der Waals surface area contributed by atoms with Gasteiger partial charge in [0, 0.05) is 13.1 Å². The summed E-state index contributed by atoms with van der Waals surface area (Å²) in [6.45, 7) is 0.280. The highest BCUT2D eigenvalue weighted by Gasteiger charge is 2.26. The number of nitrogens with zero attached hydrogens (tertiary/aromatic N) is 1. The van der Waals surface area contributed by atoms with E-state index in [0.29, 0.717) is 0 Å². The van der Waals surface area contributed by atoms with Gasteiger partial charge in [0.2, 0.25) is 0 Å². The molecule has 1 aliphatic heterocycles.